The van der Waals surface area contributed by atoms with Crippen LogP contribution >= 0.6 is 0 Å². The number of nitrogens with one attached hydrogen (secondary N) is 2. The summed E-state index contributed by atoms with van der Waals surface area (Å²) in [6, 6.07) is 18.4. The topological polar surface area (TPSA) is 41.1 Å². The van der Waals surface area contributed by atoms with Gasteiger partial charge in [-0.15, -0.1) is 0 Å². The van der Waals surface area contributed by atoms with Crippen LogP contribution in [0.3, 0.4) is 0 Å². The van der Waals surface area contributed by atoms with Crippen molar-refractivity contribution in [2.45, 2.75) is 26.4 Å². The van der Waals surface area contributed by atoms with Crippen LogP contribution in [-0.4, -0.2) is 12.5 Å². The highest BCUT2D eigenvalue weighted by molar-refractivity contribution is 5.76. The van der Waals surface area contributed by atoms with Gasteiger partial charge in [0.2, 0.25) is 5.91 Å². The van der Waals surface area contributed by atoms with Crippen molar-refractivity contribution in [3.8, 4) is 0 Å². The number of rotatable bonds is 7. The highest BCUT2D eigenvalue weighted by Gasteiger charge is 2.01. The second-order valence-corrected chi connectivity index (χ2v) is 5.17. The highest BCUT2D eigenvalue weighted by Crippen LogP contribution is 2.02. The predicted octanol–water partition coefficient (Wildman–Crippen LogP) is 2.79. The Morgan fingerprint density at radius 3 is 2.29 bits per heavy atom. The molecule has 21 heavy (non-hydrogen) atoms. The van der Waals surface area contributed by atoms with Crippen molar-refractivity contribution in [2.24, 2.45) is 0 Å². The second-order valence-electron chi connectivity index (χ2n) is 5.17. The smallest absolute Gasteiger partial charge is 0.221 e. The van der Waals surface area contributed by atoms with E-state index in [1.54, 1.807) is 0 Å². The van der Waals surface area contributed by atoms with Gasteiger partial charge in [0.25, 0.3) is 0 Å². The Morgan fingerprint density at radius 1 is 0.905 bits per heavy atom. The summed E-state index contributed by atoms with van der Waals surface area (Å²) in [5.74, 6) is 0.0789. The molecule has 0 unspecified atom stereocenters. The Hall–Kier alpha value is -2.13. The molecule has 3 heteroatoms. The maximum Gasteiger partial charge on any atom is 0.221 e. The van der Waals surface area contributed by atoms with E-state index in [4.69, 9.17) is 0 Å². The van der Waals surface area contributed by atoms with Crippen LogP contribution in [0.4, 0.5) is 0 Å². The molecule has 2 N–H and O–H groups in total. The quantitative estimate of drug-likeness (QED) is 0.767. The summed E-state index contributed by atoms with van der Waals surface area (Å²) in [4.78, 5) is 11.7. The summed E-state index contributed by atoms with van der Waals surface area (Å²) in [7, 11) is 0. The highest BCUT2D eigenvalue weighted by atomic mass is 16.1. The Labute approximate surface area is 126 Å². The van der Waals surface area contributed by atoms with E-state index < -0.39 is 0 Å². The molecule has 2 aromatic carbocycles. The lowest BCUT2D eigenvalue weighted by Crippen LogP contribution is -2.27. The molecule has 0 saturated carbocycles. The number of carbonyl (C=O) groups is 1. The molecule has 0 fully saturated rings. The second kappa shape index (κ2) is 8.22. The first kappa shape index (κ1) is 15.3. The van der Waals surface area contributed by atoms with Crippen molar-refractivity contribution >= 4 is 5.91 Å². The van der Waals surface area contributed by atoms with Gasteiger partial charge in [0.15, 0.2) is 0 Å². The number of hydrogen-bond donors (Lipinski definition) is 2. The molecule has 3 nitrogen and oxygen atoms in total. The fourth-order valence-corrected chi connectivity index (χ4v) is 2.03. The van der Waals surface area contributed by atoms with Gasteiger partial charge in [-0.1, -0.05) is 60.2 Å². The van der Waals surface area contributed by atoms with Crippen LogP contribution in [-0.2, 0) is 17.9 Å². The summed E-state index contributed by atoms with van der Waals surface area (Å²) in [6.07, 6.45) is 0.499. The number of carbonyl (C=O) groups excluding carboxylic acids is 1. The van der Waals surface area contributed by atoms with Crippen LogP contribution in [0.1, 0.15) is 23.1 Å². The molecule has 0 atom stereocenters. The molecule has 0 saturated heterocycles. The van der Waals surface area contributed by atoms with E-state index in [1.807, 2.05) is 30.3 Å². The van der Waals surface area contributed by atoms with Crippen molar-refractivity contribution in [2.75, 3.05) is 6.54 Å². The minimum absolute atomic E-state index is 0.0789. The van der Waals surface area contributed by atoms with Gasteiger partial charge in [-0.2, -0.15) is 0 Å². The van der Waals surface area contributed by atoms with Gasteiger partial charge in [0.05, 0.1) is 0 Å². The average molecular weight is 282 g/mol. The summed E-state index contributed by atoms with van der Waals surface area (Å²) in [5, 5.41) is 6.22. The fraction of sp³-hybridized carbons (Fsp3) is 0.278. The van der Waals surface area contributed by atoms with Crippen molar-refractivity contribution in [3.63, 3.8) is 0 Å². The molecular weight excluding hydrogens is 260 g/mol. The molecule has 0 aliphatic heterocycles. The first-order valence-corrected chi connectivity index (χ1v) is 7.31. The fourth-order valence-electron chi connectivity index (χ4n) is 2.03. The largest absolute Gasteiger partial charge is 0.352 e. The Kier molecular flexibility index (Phi) is 5.98. The third-order valence-corrected chi connectivity index (χ3v) is 3.31. The summed E-state index contributed by atoms with van der Waals surface area (Å²) in [5.41, 5.74) is 3.63. The lowest BCUT2D eigenvalue weighted by Gasteiger charge is -2.07. The summed E-state index contributed by atoms with van der Waals surface area (Å²) in [6.45, 7) is 4.16. The maximum absolute atomic E-state index is 11.7. The summed E-state index contributed by atoms with van der Waals surface area (Å²) >= 11 is 0. The van der Waals surface area contributed by atoms with Crippen LogP contribution in [0.25, 0.3) is 0 Å². The van der Waals surface area contributed by atoms with Gasteiger partial charge in [-0.05, 0) is 18.1 Å². The zero-order chi connectivity index (χ0) is 14.9. The van der Waals surface area contributed by atoms with E-state index in [2.05, 4.69) is 41.8 Å². The van der Waals surface area contributed by atoms with Gasteiger partial charge >= 0.3 is 0 Å². The maximum atomic E-state index is 11.7. The molecule has 0 bridgehead atoms. The van der Waals surface area contributed by atoms with Gasteiger partial charge in [-0.3, -0.25) is 4.79 Å². The minimum Gasteiger partial charge on any atom is -0.352 e. The minimum atomic E-state index is 0.0789. The van der Waals surface area contributed by atoms with Crippen LogP contribution < -0.4 is 10.6 Å². The first-order chi connectivity index (χ1) is 10.2. The lowest BCUT2D eigenvalue weighted by molar-refractivity contribution is -0.121. The average Bonchev–Trinajstić information content (AvgIpc) is 2.52. The molecule has 0 spiro atoms. The van der Waals surface area contributed by atoms with Crippen molar-refractivity contribution in [3.05, 3.63) is 71.3 Å². The van der Waals surface area contributed by atoms with Crippen molar-refractivity contribution in [1.82, 2.24) is 10.6 Å². The van der Waals surface area contributed by atoms with Gasteiger partial charge in [0, 0.05) is 26.1 Å². The van der Waals surface area contributed by atoms with Gasteiger partial charge < -0.3 is 10.6 Å². The predicted molar refractivity (Wildman–Crippen MR) is 85.8 cm³/mol. The van der Waals surface area contributed by atoms with Crippen molar-refractivity contribution in [1.29, 1.82) is 0 Å². The van der Waals surface area contributed by atoms with Gasteiger partial charge in [0.1, 0.15) is 0 Å². The first-order valence-electron chi connectivity index (χ1n) is 7.31. The zero-order valence-corrected chi connectivity index (χ0v) is 12.4. The van der Waals surface area contributed by atoms with Crippen molar-refractivity contribution < 1.29 is 4.79 Å². The van der Waals surface area contributed by atoms with E-state index in [-0.39, 0.29) is 5.91 Å². The molecule has 2 aromatic rings. The molecule has 1 amide bonds. The van der Waals surface area contributed by atoms with Gasteiger partial charge in [-0.25, -0.2) is 0 Å². The Balaban J connectivity index is 1.60. The van der Waals surface area contributed by atoms with Crippen LogP contribution in [0.2, 0.25) is 0 Å². The van der Waals surface area contributed by atoms with E-state index in [1.165, 1.54) is 11.1 Å². The van der Waals surface area contributed by atoms with E-state index in [0.29, 0.717) is 19.5 Å². The van der Waals surface area contributed by atoms with E-state index in [0.717, 1.165) is 12.1 Å². The zero-order valence-electron chi connectivity index (χ0n) is 12.4. The normalized spacial score (nSPS) is 10.3. The molecule has 0 radical (unpaired) electrons. The lowest BCUT2D eigenvalue weighted by atomic mass is 10.1. The number of benzene rings is 2. The molecular formula is C18H22N2O. The number of amides is 1. The number of aryl methyl sites for hydroxylation is 1. The van der Waals surface area contributed by atoms with E-state index in [9.17, 15) is 4.79 Å². The molecule has 110 valence electrons. The molecule has 0 aliphatic carbocycles. The third kappa shape index (κ3) is 5.79. The Bertz CT molecular complexity index is 549. The number of hydrogen-bond acceptors (Lipinski definition) is 2. The monoisotopic (exact) mass is 282 g/mol. The Morgan fingerprint density at radius 2 is 1.57 bits per heavy atom. The molecule has 0 heterocycles. The van der Waals surface area contributed by atoms with Crippen LogP contribution in [0.15, 0.2) is 54.6 Å². The third-order valence-electron chi connectivity index (χ3n) is 3.31. The van der Waals surface area contributed by atoms with E-state index >= 15 is 0 Å². The summed E-state index contributed by atoms with van der Waals surface area (Å²) < 4.78 is 0. The standard InChI is InChI=1S/C18H22N2O/c1-15-7-9-17(10-8-15)13-19-12-11-18(21)20-14-16-5-3-2-4-6-16/h2-10,19H,11-14H2,1H3,(H,20,21). The molecule has 0 aliphatic rings. The molecule has 0 aromatic heterocycles. The molecule has 2 rings (SSSR count). The van der Waals surface area contributed by atoms with Crippen LogP contribution in [0, 0.1) is 6.92 Å². The SMILES string of the molecule is Cc1ccc(CNCCC(=O)NCc2ccccc2)cc1. The van der Waals surface area contributed by atoms with Crippen LogP contribution in [0.5, 0.6) is 0 Å².